The number of carboxylic acid groups (broad SMARTS) is 1. The number of carboxylic acids is 1. The van der Waals surface area contributed by atoms with E-state index in [4.69, 9.17) is 5.11 Å². The zero-order valence-corrected chi connectivity index (χ0v) is 14.3. The van der Waals surface area contributed by atoms with Gasteiger partial charge >= 0.3 is 5.97 Å². The average molecular weight is 329 g/mol. The number of carbonyl (C=O) groups is 1. The maximum absolute atomic E-state index is 12.6. The Balaban J connectivity index is 3.05. The monoisotopic (exact) mass is 329 g/mol. The number of pyridine rings is 1. The van der Waals surface area contributed by atoms with Crippen LogP contribution in [-0.2, 0) is 14.8 Å². The van der Waals surface area contributed by atoms with Crippen LogP contribution in [0.15, 0.2) is 23.2 Å². The molecule has 0 saturated carbocycles. The van der Waals surface area contributed by atoms with Crippen LogP contribution in [0, 0.1) is 0 Å². The summed E-state index contributed by atoms with van der Waals surface area (Å²) in [6.45, 7) is 8.74. The number of hydrogen-bond acceptors (Lipinski definition) is 5. The molecule has 2 N–H and O–H groups in total. The Kier molecular flexibility index (Phi) is 5.90. The van der Waals surface area contributed by atoms with Gasteiger partial charge in [-0.15, -0.1) is 0 Å². The zero-order chi connectivity index (χ0) is 17.1. The van der Waals surface area contributed by atoms with Crippen LogP contribution >= 0.6 is 0 Å². The summed E-state index contributed by atoms with van der Waals surface area (Å²) in [5.41, 5.74) is 0. The minimum atomic E-state index is -3.63. The van der Waals surface area contributed by atoms with Crippen LogP contribution in [0.5, 0.6) is 0 Å². The molecule has 124 valence electrons. The highest BCUT2D eigenvalue weighted by molar-refractivity contribution is 7.89. The molecule has 0 aliphatic heterocycles. The van der Waals surface area contributed by atoms with Crippen molar-refractivity contribution in [3.05, 3.63) is 18.3 Å². The number of aromatic nitrogens is 1. The largest absolute Gasteiger partial charge is 0.480 e. The third kappa shape index (κ3) is 4.17. The van der Waals surface area contributed by atoms with Gasteiger partial charge in [0.15, 0.2) is 0 Å². The van der Waals surface area contributed by atoms with Gasteiger partial charge in [-0.3, -0.25) is 4.79 Å². The molecule has 22 heavy (non-hydrogen) atoms. The molecule has 8 heteroatoms. The van der Waals surface area contributed by atoms with Crippen LogP contribution < -0.4 is 5.32 Å². The van der Waals surface area contributed by atoms with E-state index in [1.165, 1.54) is 29.6 Å². The van der Waals surface area contributed by atoms with E-state index in [1.807, 2.05) is 27.7 Å². The maximum Gasteiger partial charge on any atom is 0.325 e. The van der Waals surface area contributed by atoms with Gasteiger partial charge in [-0.1, -0.05) is 0 Å². The SMILES string of the molecule is CC(Nc1ccc(S(=O)(=O)N(C(C)C)C(C)C)cn1)C(=O)O. The van der Waals surface area contributed by atoms with Gasteiger partial charge in [-0.05, 0) is 46.8 Å². The number of aliphatic carboxylic acids is 1. The molecule has 1 unspecified atom stereocenters. The van der Waals surface area contributed by atoms with E-state index in [9.17, 15) is 13.2 Å². The molecule has 1 aromatic rings. The Bertz CT molecular complexity index is 603. The predicted octanol–water partition coefficient (Wildman–Crippen LogP) is 1.77. The summed E-state index contributed by atoms with van der Waals surface area (Å²) < 4.78 is 26.7. The fourth-order valence-electron chi connectivity index (χ4n) is 2.17. The zero-order valence-electron chi connectivity index (χ0n) is 13.4. The molecule has 7 nitrogen and oxygen atoms in total. The van der Waals surface area contributed by atoms with E-state index in [0.717, 1.165) is 0 Å². The normalized spacial score (nSPS) is 13.6. The topological polar surface area (TPSA) is 99.6 Å². The summed E-state index contributed by atoms with van der Waals surface area (Å²) in [5, 5.41) is 11.5. The lowest BCUT2D eigenvalue weighted by atomic mass is 10.3. The summed E-state index contributed by atoms with van der Waals surface area (Å²) in [7, 11) is -3.63. The molecule has 0 spiro atoms. The van der Waals surface area contributed by atoms with Gasteiger partial charge < -0.3 is 10.4 Å². The first kappa shape index (κ1) is 18.4. The molecule has 1 rings (SSSR count). The molecule has 0 bridgehead atoms. The number of sulfonamides is 1. The van der Waals surface area contributed by atoms with Crippen molar-refractivity contribution in [3.8, 4) is 0 Å². The van der Waals surface area contributed by atoms with Gasteiger partial charge in [0.1, 0.15) is 16.8 Å². The third-order valence-electron chi connectivity index (χ3n) is 3.06. The number of rotatable bonds is 7. The Labute approximate surface area is 131 Å². The van der Waals surface area contributed by atoms with Crippen LogP contribution in [0.25, 0.3) is 0 Å². The molecule has 0 radical (unpaired) electrons. The van der Waals surface area contributed by atoms with Crippen molar-refractivity contribution in [1.29, 1.82) is 0 Å². The van der Waals surface area contributed by atoms with E-state index in [-0.39, 0.29) is 17.0 Å². The predicted molar refractivity (Wildman–Crippen MR) is 84.3 cm³/mol. The smallest absolute Gasteiger partial charge is 0.325 e. The fourth-order valence-corrected chi connectivity index (χ4v) is 3.95. The van der Waals surface area contributed by atoms with Crippen LogP contribution in [0.1, 0.15) is 34.6 Å². The van der Waals surface area contributed by atoms with Crippen molar-refractivity contribution in [2.45, 2.75) is 57.6 Å². The summed E-state index contributed by atoms with van der Waals surface area (Å²) in [4.78, 5) is 14.9. The van der Waals surface area contributed by atoms with Crippen molar-refractivity contribution in [3.63, 3.8) is 0 Å². The highest BCUT2D eigenvalue weighted by Crippen LogP contribution is 2.21. The van der Waals surface area contributed by atoms with E-state index in [0.29, 0.717) is 5.82 Å². The Hall–Kier alpha value is -1.67. The minimum Gasteiger partial charge on any atom is -0.480 e. The Morgan fingerprint density at radius 3 is 2.09 bits per heavy atom. The van der Waals surface area contributed by atoms with Gasteiger partial charge in [-0.25, -0.2) is 13.4 Å². The molecule has 0 aliphatic rings. The minimum absolute atomic E-state index is 0.0865. The van der Waals surface area contributed by atoms with Crippen molar-refractivity contribution in [1.82, 2.24) is 9.29 Å². The second-order valence-corrected chi connectivity index (χ2v) is 7.45. The highest BCUT2D eigenvalue weighted by atomic mass is 32.2. The maximum atomic E-state index is 12.6. The van der Waals surface area contributed by atoms with E-state index in [1.54, 1.807) is 0 Å². The number of nitrogens with zero attached hydrogens (tertiary/aromatic N) is 2. The van der Waals surface area contributed by atoms with E-state index < -0.39 is 22.0 Å². The van der Waals surface area contributed by atoms with Crippen molar-refractivity contribution < 1.29 is 18.3 Å². The molecule has 0 fully saturated rings. The molecular formula is C14H23N3O4S. The van der Waals surface area contributed by atoms with E-state index >= 15 is 0 Å². The molecule has 1 atom stereocenters. The summed E-state index contributed by atoms with van der Waals surface area (Å²) in [5.74, 6) is -0.696. The van der Waals surface area contributed by atoms with Gasteiger partial charge in [0.25, 0.3) is 0 Å². The molecule has 1 aromatic heterocycles. The lowest BCUT2D eigenvalue weighted by molar-refractivity contribution is -0.137. The van der Waals surface area contributed by atoms with Crippen LogP contribution in [0.2, 0.25) is 0 Å². The summed E-state index contributed by atoms with van der Waals surface area (Å²) in [6.07, 6.45) is 1.24. The summed E-state index contributed by atoms with van der Waals surface area (Å²) >= 11 is 0. The second-order valence-electron chi connectivity index (χ2n) is 5.61. The number of nitrogens with one attached hydrogen (secondary N) is 1. The quantitative estimate of drug-likeness (QED) is 0.791. The van der Waals surface area contributed by atoms with Crippen molar-refractivity contribution in [2.75, 3.05) is 5.32 Å². The average Bonchev–Trinajstić information content (AvgIpc) is 2.37. The fraction of sp³-hybridized carbons (Fsp3) is 0.571. The highest BCUT2D eigenvalue weighted by Gasteiger charge is 2.29. The standard InChI is InChI=1S/C14H23N3O4S/c1-9(2)17(10(3)4)22(20,21)12-6-7-13(15-8-12)16-11(5)14(18)19/h6-11H,1-5H3,(H,15,16)(H,18,19). The molecule has 0 aromatic carbocycles. The first-order chi connectivity index (χ1) is 10.1. The molecule has 1 heterocycles. The lowest BCUT2D eigenvalue weighted by Crippen LogP contribution is -2.41. The number of anilines is 1. The van der Waals surface area contributed by atoms with Crippen LogP contribution in [0.4, 0.5) is 5.82 Å². The van der Waals surface area contributed by atoms with Crippen molar-refractivity contribution in [2.24, 2.45) is 0 Å². The molecule has 0 aliphatic carbocycles. The second kappa shape index (κ2) is 7.06. The Morgan fingerprint density at radius 1 is 1.18 bits per heavy atom. The number of hydrogen-bond donors (Lipinski definition) is 2. The van der Waals surface area contributed by atoms with E-state index in [2.05, 4.69) is 10.3 Å². The lowest BCUT2D eigenvalue weighted by Gasteiger charge is -2.29. The molecule has 0 amide bonds. The summed E-state index contributed by atoms with van der Waals surface area (Å²) in [6, 6.07) is 1.74. The van der Waals surface area contributed by atoms with Gasteiger partial charge in [0.05, 0.1) is 0 Å². The van der Waals surface area contributed by atoms with Gasteiger partial charge in [0, 0.05) is 18.3 Å². The third-order valence-corrected chi connectivity index (χ3v) is 5.30. The first-order valence-electron chi connectivity index (χ1n) is 7.06. The van der Waals surface area contributed by atoms with Crippen LogP contribution in [-0.4, -0.2) is 46.9 Å². The van der Waals surface area contributed by atoms with Crippen LogP contribution in [0.3, 0.4) is 0 Å². The molecular weight excluding hydrogens is 306 g/mol. The molecule has 0 saturated heterocycles. The Morgan fingerprint density at radius 2 is 1.73 bits per heavy atom. The van der Waals surface area contributed by atoms with Crippen molar-refractivity contribution >= 4 is 21.8 Å². The first-order valence-corrected chi connectivity index (χ1v) is 8.50. The van der Waals surface area contributed by atoms with Gasteiger partial charge in [0.2, 0.25) is 10.0 Å². The van der Waals surface area contributed by atoms with Gasteiger partial charge in [-0.2, -0.15) is 4.31 Å².